The van der Waals surface area contributed by atoms with Gasteiger partial charge in [0.2, 0.25) is 5.91 Å². The van der Waals surface area contributed by atoms with Gasteiger partial charge in [-0.15, -0.1) is 0 Å². The summed E-state index contributed by atoms with van der Waals surface area (Å²) in [5.74, 6) is -1.42. The summed E-state index contributed by atoms with van der Waals surface area (Å²) in [6, 6.07) is 10.3. The zero-order chi connectivity index (χ0) is 19.1. The molecule has 0 fully saturated rings. The third-order valence-electron chi connectivity index (χ3n) is 3.80. The number of amides is 2. The number of hydrogen-bond acceptors (Lipinski definition) is 3. The van der Waals surface area contributed by atoms with Crippen LogP contribution in [0.5, 0.6) is 0 Å². The number of anilines is 1. The molecule has 2 amide bonds. The third-order valence-corrected chi connectivity index (χ3v) is 4.01. The van der Waals surface area contributed by atoms with Gasteiger partial charge in [-0.25, -0.2) is 9.37 Å². The van der Waals surface area contributed by atoms with Gasteiger partial charge in [0.1, 0.15) is 16.7 Å². The Labute approximate surface area is 156 Å². The maximum absolute atomic E-state index is 12.9. The Morgan fingerprint density at radius 2 is 1.92 bits per heavy atom. The van der Waals surface area contributed by atoms with Crippen LogP contribution in [0.25, 0.3) is 0 Å². The highest BCUT2D eigenvalue weighted by molar-refractivity contribution is 6.29. The normalized spacial score (nSPS) is 11.5. The van der Waals surface area contributed by atoms with Crippen molar-refractivity contribution in [1.82, 2.24) is 10.3 Å². The topological polar surface area (TPSA) is 71.1 Å². The number of hydrogen-bond donors (Lipinski definition) is 2. The van der Waals surface area contributed by atoms with Gasteiger partial charge in [-0.1, -0.05) is 29.8 Å². The van der Waals surface area contributed by atoms with Crippen LogP contribution in [0.15, 0.2) is 54.6 Å². The predicted molar refractivity (Wildman–Crippen MR) is 99.5 cm³/mol. The quantitative estimate of drug-likeness (QED) is 0.570. The first-order valence-electron chi connectivity index (χ1n) is 8.01. The van der Waals surface area contributed by atoms with Crippen molar-refractivity contribution in [2.24, 2.45) is 5.92 Å². The van der Waals surface area contributed by atoms with E-state index in [1.807, 2.05) is 0 Å². The average molecular weight is 376 g/mol. The monoisotopic (exact) mass is 375 g/mol. The Hall–Kier alpha value is -2.73. The van der Waals surface area contributed by atoms with E-state index in [0.29, 0.717) is 24.2 Å². The summed E-state index contributed by atoms with van der Waals surface area (Å²) in [6.45, 7) is 5.95. The van der Waals surface area contributed by atoms with Crippen LogP contribution < -0.4 is 10.6 Å². The standard InChI is InChI=1S/C19H19ClFN3O2/c1-12(10-11-22-19(26)16-4-3-5-17(20)24-16)13(2)18(25)23-15-8-6-14(21)7-9-15/h3-9,13H,1,10-11H2,2H3,(H,22,26)(H,23,25)/t13-/m0/s1. The predicted octanol–water partition coefficient (Wildman–Crippen LogP) is 3.83. The van der Waals surface area contributed by atoms with Gasteiger partial charge in [-0.3, -0.25) is 9.59 Å². The molecule has 0 radical (unpaired) electrons. The Balaban J connectivity index is 1.80. The molecule has 0 unspecified atom stereocenters. The zero-order valence-corrected chi connectivity index (χ0v) is 15.0. The van der Waals surface area contributed by atoms with Crippen LogP contribution in [-0.4, -0.2) is 23.3 Å². The first kappa shape index (κ1) is 19.6. The molecule has 136 valence electrons. The lowest BCUT2D eigenvalue weighted by Gasteiger charge is -2.15. The number of carbonyl (C=O) groups is 2. The molecule has 2 aromatic rings. The molecule has 0 saturated carbocycles. The fraction of sp³-hybridized carbons (Fsp3) is 0.211. The van der Waals surface area contributed by atoms with Crippen molar-refractivity contribution in [1.29, 1.82) is 0 Å². The number of nitrogens with one attached hydrogen (secondary N) is 2. The van der Waals surface area contributed by atoms with Crippen molar-refractivity contribution in [2.75, 3.05) is 11.9 Å². The van der Waals surface area contributed by atoms with Crippen LogP contribution in [0, 0.1) is 11.7 Å². The van der Waals surface area contributed by atoms with Gasteiger partial charge >= 0.3 is 0 Å². The van der Waals surface area contributed by atoms with E-state index in [-0.39, 0.29) is 28.5 Å². The molecular weight excluding hydrogens is 357 g/mol. The highest BCUT2D eigenvalue weighted by Gasteiger charge is 2.17. The van der Waals surface area contributed by atoms with E-state index in [4.69, 9.17) is 11.6 Å². The highest BCUT2D eigenvalue weighted by atomic mass is 35.5. The molecular formula is C19H19ClFN3O2. The van der Waals surface area contributed by atoms with Crippen molar-refractivity contribution in [2.45, 2.75) is 13.3 Å². The van der Waals surface area contributed by atoms with Gasteiger partial charge in [0, 0.05) is 12.2 Å². The molecule has 26 heavy (non-hydrogen) atoms. The Kier molecular flexibility index (Phi) is 6.86. The Bertz CT molecular complexity index is 809. The minimum absolute atomic E-state index is 0.227. The summed E-state index contributed by atoms with van der Waals surface area (Å²) >= 11 is 5.75. The van der Waals surface area contributed by atoms with Gasteiger partial charge < -0.3 is 10.6 Å². The largest absolute Gasteiger partial charge is 0.350 e. The van der Waals surface area contributed by atoms with Gasteiger partial charge in [0.05, 0.1) is 5.92 Å². The molecule has 2 rings (SSSR count). The molecule has 5 nitrogen and oxygen atoms in total. The molecule has 0 saturated heterocycles. The smallest absolute Gasteiger partial charge is 0.269 e. The van der Waals surface area contributed by atoms with E-state index in [0.717, 1.165) is 0 Å². The van der Waals surface area contributed by atoms with Crippen LogP contribution in [-0.2, 0) is 4.79 Å². The molecule has 1 heterocycles. The van der Waals surface area contributed by atoms with E-state index in [2.05, 4.69) is 22.2 Å². The van der Waals surface area contributed by atoms with Crippen molar-refractivity contribution in [3.63, 3.8) is 0 Å². The molecule has 0 bridgehead atoms. The van der Waals surface area contributed by atoms with Crippen LogP contribution in [0.3, 0.4) is 0 Å². The SMILES string of the molecule is C=C(CCNC(=O)c1cccc(Cl)n1)[C@H](C)C(=O)Nc1ccc(F)cc1. The van der Waals surface area contributed by atoms with E-state index in [1.54, 1.807) is 25.1 Å². The Morgan fingerprint density at radius 3 is 2.58 bits per heavy atom. The Morgan fingerprint density at radius 1 is 1.23 bits per heavy atom. The number of halogens is 2. The van der Waals surface area contributed by atoms with Gasteiger partial charge in [0.15, 0.2) is 0 Å². The van der Waals surface area contributed by atoms with Crippen LogP contribution in [0.4, 0.5) is 10.1 Å². The lowest BCUT2D eigenvalue weighted by atomic mass is 9.99. The van der Waals surface area contributed by atoms with E-state index in [9.17, 15) is 14.0 Å². The maximum atomic E-state index is 12.9. The highest BCUT2D eigenvalue weighted by Crippen LogP contribution is 2.16. The van der Waals surface area contributed by atoms with E-state index >= 15 is 0 Å². The average Bonchev–Trinajstić information content (AvgIpc) is 2.62. The van der Waals surface area contributed by atoms with Gasteiger partial charge in [-0.2, -0.15) is 0 Å². The lowest BCUT2D eigenvalue weighted by molar-refractivity contribution is -0.118. The van der Waals surface area contributed by atoms with Gasteiger partial charge in [-0.05, 0) is 49.7 Å². The number of carbonyl (C=O) groups excluding carboxylic acids is 2. The summed E-state index contributed by atoms with van der Waals surface area (Å²) in [4.78, 5) is 28.1. The van der Waals surface area contributed by atoms with E-state index in [1.165, 1.54) is 24.3 Å². The number of aromatic nitrogens is 1. The summed E-state index contributed by atoms with van der Waals surface area (Å²) in [7, 11) is 0. The molecule has 0 aliphatic heterocycles. The molecule has 1 aromatic heterocycles. The molecule has 0 aliphatic rings. The minimum Gasteiger partial charge on any atom is -0.350 e. The van der Waals surface area contributed by atoms with Crippen molar-refractivity contribution in [3.8, 4) is 0 Å². The number of rotatable bonds is 7. The number of benzene rings is 1. The minimum atomic E-state index is -0.457. The molecule has 7 heteroatoms. The summed E-state index contributed by atoms with van der Waals surface area (Å²) in [5, 5.41) is 5.66. The molecule has 2 N–H and O–H groups in total. The summed E-state index contributed by atoms with van der Waals surface area (Å²) in [5.41, 5.74) is 1.41. The third kappa shape index (κ3) is 5.67. The second-order valence-electron chi connectivity index (χ2n) is 5.73. The fourth-order valence-electron chi connectivity index (χ4n) is 2.15. The molecule has 1 atom stereocenters. The first-order valence-corrected chi connectivity index (χ1v) is 8.39. The molecule has 0 aliphatic carbocycles. The summed E-state index contributed by atoms with van der Waals surface area (Å²) < 4.78 is 12.9. The zero-order valence-electron chi connectivity index (χ0n) is 14.3. The van der Waals surface area contributed by atoms with Crippen LogP contribution >= 0.6 is 11.6 Å². The fourth-order valence-corrected chi connectivity index (χ4v) is 2.31. The summed E-state index contributed by atoms with van der Waals surface area (Å²) in [6.07, 6.45) is 0.435. The van der Waals surface area contributed by atoms with Crippen molar-refractivity contribution in [3.05, 3.63) is 71.3 Å². The first-order chi connectivity index (χ1) is 12.4. The molecule has 1 aromatic carbocycles. The number of pyridine rings is 1. The maximum Gasteiger partial charge on any atom is 0.269 e. The second-order valence-corrected chi connectivity index (χ2v) is 6.11. The van der Waals surface area contributed by atoms with Gasteiger partial charge in [0.25, 0.3) is 5.91 Å². The second kappa shape index (κ2) is 9.10. The molecule has 0 spiro atoms. The van der Waals surface area contributed by atoms with Crippen molar-refractivity contribution < 1.29 is 14.0 Å². The number of nitrogens with zero attached hydrogens (tertiary/aromatic N) is 1. The van der Waals surface area contributed by atoms with Crippen LogP contribution in [0.1, 0.15) is 23.8 Å². The van der Waals surface area contributed by atoms with Crippen LogP contribution in [0.2, 0.25) is 5.15 Å². The van der Waals surface area contributed by atoms with Crippen molar-refractivity contribution >= 4 is 29.1 Å². The van der Waals surface area contributed by atoms with E-state index < -0.39 is 5.92 Å². The lowest BCUT2D eigenvalue weighted by Crippen LogP contribution is -2.27.